The topological polar surface area (TPSA) is 49.8 Å². The van der Waals surface area contributed by atoms with Crippen LogP contribution in [0.5, 0.6) is 5.75 Å². The third-order valence-electron chi connectivity index (χ3n) is 3.23. The lowest BCUT2D eigenvalue weighted by atomic mass is 10.1. The van der Waals surface area contributed by atoms with Crippen LogP contribution >= 0.6 is 0 Å². The molecule has 1 fully saturated rings. The molecule has 1 aromatic carbocycles. The number of aldehydes is 1. The second-order valence-electron chi connectivity index (χ2n) is 4.38. The normalized spacial score (nSPS) is 16.7. The van der Waals surface area contributed by atoms with Crippen molar-refractivity contribution in [3.05, 3.63) is 23.5 Å². The summed E-state index contributed by atoms with van der Waals surface area (Å²) in [5.41, 5.74) is 0.625. The Morgan fingerprint density at radius 2 is 2.11 bits per heavy atom. The Morgan fingerprint density at radius 1 is 1.44 bits per heavy atom. The molecule has 1 aromatic rings. The van der Waals surface area contributed by atoms with Crippen LogP contribution in [0.1, 0.15) is 23.2 Å². The van der Waals surface area contributed by atoms with Crippen molar-refractivity contribution in [3.8, 4) is 5.75 Å². The molecule has 0 unspecified atom stereocenters. The molecule has 18 heavy (non-hydrogen) atoms. The number of anilines is 1. The molecule has 1 aliphatic heterocycles. The maximum absolute atomic E-state index is 13.9. The van der Waals surface area contributed by atoms with E-state index in [1.54, 1.807) is 0 Å². The summed E-state index contributed by atoms with van der Waals surface area (Å²) in [5, 5.41) is 9.43. The summed E-state index contributed by atoms with van der Waals surface area (Å²) in [6.07, 6.45) is 1.51. The van der Waals surface area contributed by atoms with Crippen molar-refractivity contribution >= 4 is 12.0 Å². The third-order valence-corrected chi connectivity index (χ3v) is 3.23. The summed E-state index contributed by atoms with van der Waals surface area (Å²) in [4.78, 5) is 12.6. The highest BCUT2D eigenvalue weighted by atomic mass is 19.1. The lowest BCUT2D eigenvalue weighted by Crippen LogP contribution is -2.36. The van der Waals surface area contributed by atoms with Crippen LogP contribution in [0.15, 0.2) is 12.1 Å². The number of aliphatic hydroxyl groups excluding tert-OH is 1. The molecule has 0 amide bonds. The molecule has 0 radical (unpaired) electrons. The molecule has 1 heterocycles. The highest BCUT2D eigenvalue weighted by molar-refractivity contribution is 5.81. The van der Waals surface area contributed by atoms with Gasteiger partial charge >= 0.3 is 0 Å². The minimum absolute atomic E-state index is 0.204. The summed E-state index contributed by atoms with van der Waals surface area (Å²) < 4.78 is 19.0. The maximum atomic E-state index is 13.9. The van der Waals surface area contributed by atoms with Crippen LogP contribution in [0.2, 0.25) is 0 Å². The second-order valence-corrected chi connectivity index (χ2v) is 4.38. The zero-order valence-electron chi connectivity index (χ0n) is 10.2. The lowest BCUT2D eigenvalue weighted by Gasteiger charge is -2.32. The van der Waals surface area contributed by atoms with E-state index in [0.717, 1.165) is 0 Å². The molecule has 1 N–H and O–H groups in total. The summed E-state index contributed by atoms with van der Waals surface area (Å²) in [7, 11) is 1.45. The molecule has 4 nitrogen and oxygen atoms in total. The first-order chi connectivity index (χ1) is 8.65. The van der Waals surface area contributed by atoms with Gasteiger partial charge in [0.05, 0.1) is 24.5 Å². The summed E-state index contributed by atoms with van der Waals surface area (Å²) >= 11 is 0. The minimum atomic E-state index is -0.436. The second kappa shape index (κ2) is 5.35. The maximum Gasteiger partial charge on any atom is 0.153 e. The average molecular weight is 253 g/mol. The Labute approximate surface area is 105 Å². The van der Waals surface area contributed by atoms with E-state index in [4.69, 9.17) is 4.74 Å². The molecular weight excluding hydrogens is 237 g/mol. The van der Waals surface area contributed by atoms with Crippen molar-refractivity contribution in [1.29, 1.82) is 0 Å². The van der Waals surface area contributed by atoms with Crippen LogP contribution in [0.25, 0.3) is 0 Å². The van der Waals surface area contributed by atoms with Gasteiger partial charge in [-0.25, -0.2) is 4.39 Å². The van der Waals surface area contributed by atoms with E-state index in [2.05, 4.69) is 0 Å². The number of hydrogen-bond acceptors (Lipinski definition) is 4. The smallest absolute Gasteiger partial charge is 0.153 e. The molecule has 0 saturated carbocycles. The first-order valence-corrected chi connectivity index (χ1v) is 5.91. The Bertz CT molecular complexity index is 442. The van der Waals surface area contributed by atoms with Gasteiger partial charge < -0.3 is 14.7 Å². The van der Waals surface area contributed by atoms with Gasteiger partial charge in [0.15, 0.2) is 6.29 Å². The molecule has 0 atom stereocenters. The predicted molar refractivity (Wildman–Crippen MR) is 65.8 cm³/mol. The molecule has 0 bridgehead atoms. The molecule has 0 spiro atoms. The Kier molecular flexibility index (Phi) is 3.81. The number of carbonyl (C=O) groups excluding carboxylic acids is 1. The number of carbonyl (C=O) groups is 1. The molecule has 0 aliphatic carbocycles. The third kappa shape index (κ3) is 2.46. The summed E-state index contributed by atoms with van der Waals surface area (Å²) in [6, 6.07) is 2.73. The standard InChI is InChI=1S/C13H16FNO3/c1-18-13-7-12(11(14)6-9(13)8-16)15-4-2-10(17)3-5-15/h6-8,10,17H,2-5H2,1H3. The van der Waals surface area contributed by atoms with Gasteiger partial charge in [0.25, 0.3) is 0 Å². The predicted octanol–water partition coefficient (Wildman–Crippen LogP) is 1.61. The van der Waals surface area contributed by atoms with E-state index >= 15 is 0 Å². The zero-order valence-corrected chi connectivity index (χ0v) is 10.2. The number of halogens is 1. The number of aliphatic hydroxyl groups is 1. The average Bonchev–Trinajstić information content (AvgIpc) is 2.39. The van der Waals surface area contributed by atoms with Crippen molar-refractivity contribution in [1.82, 2.24) is 0 Å². The van der Waals surface area contributed by atoms with E-state index in [1.807, 2.05) is 4.90 Å². The van der Waals surface area contributed by atoms with E-state index in [-0.39, 0.29) is 11.7 Å². The quantitative estimate of drug-likeness (QED) is 0.831. The molecule has 1 aliphatic rings. The van der Waals surface area contributed by atoms with Gasteiger partial charge in [-0.1, -0.05) is 0 Å². The fourth-order valence-electron chi connectivity index (χ4n) is 2.18. The van der Waals surface area contributed by atoms with Crippen molar-refractivity contribution in [2.24, 2.45) is 0 Å². The fourth-order valence-corrected chi connectivity index (χ4v) is 2.18. The van der Waals surface area contributed by atoms with E-state index in [9.17, 15) is 14.3 Å². The van der Waals surface area contributed by atoms with Crippen molar-refractivity contribution in [2.75, 3.05) is 25.1 Å². The number of hydrogen-bond donors (Lipinski definition) is 1. The molecule has 98 valence electrons. The van der Waals surface area contributed by atoms with Gasteiger partial charge in [-0.3, -0.25) is 4.79 Å². The van der Waals surface area contributed by atoms with Gasteiger partial charge in [-0.2, -0.15) is 0 Å². The van der Waals surface area contributed by atoms with Gasteiger partial charge in [-0.15, -0.1) is 0 Å². The Balaban J connectivity index is 2.30. The van der Waals surface area contributed by atoms with Crippen LogP contribution in [0.3, 0.4) is 0 Å². The first-order valence-electron chi connectivity index (χ1n) is 5.91. The van der Waals surface area contributed by atoms with Crippen LogP contribution in [-0.4, -0.2) is 37.7 Å². The number of rotatable bonds is 3. The molecule has 1 saturated heterocycles. The van der Waals surface area contributed by atoms with Crippen LogP contribution in [0.4, 0.5) is 10.1 Å². The van der Waals surface area contributed by atoms with Crippen molar-refractivity contribution in [3.63, 3.8) is 0 Å². The van der Waals surface area contributed by atoms with Crippen molar-refractivity contribution in [2.45, 2.75) is 18.9 Å². The Morgan fingerprint density at radius 3 is 2.67 bits per heavy atom. The van der Waals surface area contributed by atoms with Crippen LogP contribution in [-0.2, 0) is 0 Å². The number of methoxy groups -OCH3 is 1. The lowest BCUT2D eigenvalue weighted by molar-refractivity contribution is 0.112. The van der Waals surface area contributed by atoms with E-state index < -0.39 is 5.82 Å². The highest BCUT2D eigenvalue weighted by Crippen LogP contribution is 2.30. The number of nitrogens with zero attached hydrogens (tertiary/aromatic N) is 1. The number of ether oxygens (including phenoxy) is 1. The monoisotopic (exact) mass is 253 g/mol. The van der Waals surface area contributed by atoms with Gasteiger partial charge in [0.2, 0.25) is 0 Å². The molecular formula is C13H16FNO3. The van der Waals surface area contributed by atoms with Gasteiger partial charge in [-0.05, 0) is 18.9 Å². The summed E-state index contributed by atoms with van der Waals surface area (Å²) in [6.45, 7) is 1.20. The minimum Gasteiger partial charge on any atom is -0.496 e. The number of piperidine rings is 1. The fraction of sp³-hybridized carbons (Fsp3) is 0.462. The number of benzene rings is 1. The highest BCUT2D eigenvalue weighted by Gasteiger charge is 2.21. The van der Waals surface area contributed by atoms with Crippen LogP contribution < -0.4 is 9.64 Å². The van der Waals surface area contributed by atoms with E-state index in [1.165, 1.54) is 19.2 Å². The molecule has 0 aromatic heterocycles. The van der Waals surface area contributed by atoms with Crippen molar-refractivity contribution < 1.29 is 19.0 Å². The molecule has 5 heteroatoms. The first kappa shape index (κ1) is 12.8. The largest absolute Gasteiger partial charge is 0.496 e. The SMILES string of the molecule is COc1cc(N2CCC(O)CC2)c(F)cc1C=O. The zero-order chi connectivity index (χ0) is 13.1. The van der Waals surface area contributed by atoms with Crippen LogP contribution in [0, 0.1) is 5.82 Å². The van der Waals surface area contributed by atoms with E-state index in [0.29, 0.717) is 43.7 Å². The molecule has 2 rings (SSSR count). The van der Waals surface area contributed by atoms with Gasteiger partial charge in [0, 0.05) is 19.2 Å². The van der Waals surface area contributed by atoms with Gasteiger partial charge in [0.1, 0.15) is 11.6 Å². The Hall–Kier alpha value is -1.62. The summed E-state index contributed by atoms with van der Waals surface area (Å²) in [5.74, 6) is -0.0678.